The molecule has 0 saturated carbocycles. The molecular formula is C10H20N2O. The van der Waals surface area contributed by atoms with Crippen molar-refractivity contribution in [3.63, 3.8) is 0 Å². The summed E-state index contributed by atoms with van der Waals surface area (Å²) in [5, 5.41) is 5.78. The van der Waals surface area contributed by atoms with Gasteiger partial charge in [0.15, 0.2) is 0 Å². The van der Waals surface area contributed by atoms with Gasteiger partial charge in [-0.3, -0.25) is 4.79 Å². The molecule has 0 heterocycles. The molecule has 0 radical (unpaired) electrons. The van der Waals surface area contributed by atoms with Crippen LogP contribution in [0.1, 0.15) is 20.3 Å². The molecule has 0 fully saturated rings. The van der Waals surface area contributed by atoms with Crippen molar-refractivity contribution >= 4 is 5.91 Å². The second-order valence-corrected chi connectivity index (χ2v) is 3.45. The van der Waals surface area contributed by atoms with Crippen molar-refractivity contribution in [2.24, 2.45) is 5.92 Å². The normalized spacial score (nSPS) is 10.1. The minimum atomic E-state index is 0.0312. The Morgan fingerprint density at radius 1 is 1.54 bits per heavy atom. The average molecular weight is 184 g/mol. The van der Waals surface area contributed by atoms with Crippen molar-refractivity contribution in [1.82, 2.24) is 10.6 Å². The monoisotopic (exact) mass is 184 g/mol. The van der Waals surface area contributed by atoms with Gasteiger partial charge in [0.1, 0.15) is 0 Å². The highest BCUT2D eigenvalue weighted by atomic mass is 16.1. The molecule has 1 amide bonds. The van der Waals surface area contributed by atoms with Crippen LogP contribution in [0.3, 0.4) is 0 Å². The lowest BCUT2D eigenvalue weighted by Crippen LogP contribution is -2.34. The van der Waals surface area contributed by atoms with E-state index in [2.05, 4.69) is 31.1 Å². The van der Waals surface area contributed by atoms with Crippen molar-refractivity contribution < 1.29 is 4.79 Å². The minimum absolute atomic E-state index is 0.0312. The van der Waals surface area contributed by atoms with Crippen molar-refractivity contribution in [2.75, 3.05) is 19.6 Å². The first-order chi connectivity index (χ1) is 6.16. The Hall–Kier alpha value is -0.830. The van der Waals surface area contributed by atoms with Crippen LogP contribution in [0.4, 0.5) is 0 Å². The van der Waals surface area contributed by atoms with Gasteiger partial charge < -0.3 is 10.6 Å². The minimum Gasteiger partial charge on any atom is -0.352 e. The lowest BCUT2D eigenvalue weighted by atomic mass is 10.1. The molecule has 0 aromatic carbocycles. The van der Waals surface area contributed by atoms with Crippen LogP contribution in [0, 0.1) is 5.92 Å². The van der Waals surface area contributed by atoms with E-state index in [1.165, 1.54) is 0 Å². The first-order valence-corrected chi connectivity index (χ1v) is 4.75. The van der Waals surface area contributed by atoms with Crippen LogP contribution in [0.25, 0.3) is 0 Å². The van der Waals surface area contributed by atoms with E-state index in [-0.39, 0.29) is 5.91 Å². The molecule has 0 aromatic heterocycles. The molecule has 3 heteroatoms. The third-order valence-electron chi connectivity index (χ3n) is 1.63. The Bertz CT molecular complexity index is 155. The van der Waals surface area contributed by atoms with Gasteiger partial charge in [0, 0.05) is 6.54 Å². The summed E-state index contributed by atoms with van der Waals surface area (Å²) in [6, 6.07) is 0. The van der Waals surface area contributed by atoms with E-state index < -0.39 is 0 Å². The maximum absolute atomic E-state index is 11.0. The molecule has 0 bridgehead atoms. The largest absolute Gasteiger partial charge is 0.352 e. The fraction of sp³-hybridized carbons (Fsp3) is 0.700. The average Bonchev–Trinajstić information content (AvgIpc) is 2.08. The molecular weight excluding hydrogens is 164 g/mol. The van der Waals surface area contributed by atoms with Gasteiger partial charge in [-0.25, -0.2) is 0 Å². The molecule has 0 spiro atoms. The maximum Gasteiger partial charge on any atom is 0.234 e. The van der Waals surface area contributed by atoms with Gasteiger partial charge >= 0.3 is 0 Å². The molecule has 0 saturated heterocycles. The number of carbonyl (C=O) groups is 1. The summed E-state index contributed by atoms with van der Waals surface area (Å²) >= 11 is 0. The molecule has 76 valence electrons. The molecule has 0 unspecified atom stereocenters. The Morgan fingerprint density at radius 3 is 2.77 bits per heavy atom. The van der Waals surface area contributed by atoms with Gasteiger partial charge in [-0.1, -0.05) is 19.9 Å². The van der Waals surface area contributed by atoms with Crippen molar-refractivity contribution in [3.05, 3.63) is 12.7 Å². The lowest BCUT2D eigenvalue weighted by Gasteiger charge is -2.06. The van der Waals surface area contributed by atoms with Crippen LogP contribution < -0.4 is 10.6 Å². The molecule has 0 aliphatic heterocycles. The van der Waals surface area contributed by atoms with Crippen LogP contribution in [0.2, 0.25) is 0 Å². The Balaban J connectivity index is 3.21. The highest BCUT2D eigenvalue weighted by molar-refractivity contribution is 5.78. The third-order valence-corrected chi connectivity index (χ3v) is 1.63. The summed E-state index contributed by atoms with van der Waals surface area (Å²) in [7, 11) is 0. The molecule has 0 rings (SSSR count). The second-order valence-electron chi connectivity index (χ2n) is 3.45. The number of carbonyl (C=O) groups excluding carboxylic acids is 1. The highest BCUT2D eigenvalue weighted by Crippen LogP contribution is 1.95. The first kappa shape index (κ1) is 12.2. The summed E-state index contributed by atoms with van der Waals surface area (Å²) in [4.78, 5) is 11.0. The van der Waals surface area contributed by atoms with E-state index in [0.717, 1.165) is 13.0 Å². The van der Waals surface area contributed by atoms with Crippen LogP contribution in [0.15, 0.2) is 12.7 Å². The molecule has 0 aliphatic rings. The number of hydrogen-bond donors (Lipinski definition) is 2. The molecule has 13 heavy (non-hydrogen) atoms. The Morgan fingerprint density at radius 2 is 2.23 bits per heavy atom. The highest BCUT2D eigenvalue weighted by Gasteiger charge is 1.98. The van der Waals surface area contributed by atoms with E-state index >= 15 is 0 Å². The van der Waals surface area contributed by atoms with E-state index in [1.807, 2.05) is 0 Å². The van der Waals surface area contributed by atoms with Crippen molar-refractivity contribution in [3.8, 4) is 0 Å². The van der Waals surface area contributed by atoms with E-state index in [1.54, 1.807) is 6.08 Å². The van der Waals surface area contributed by atoms with Gasteiger partial charge in [0.2, 0.25) is 5.91 Å². The zero-order valence-corrected chi connectivity index (χ0v) is 8.60. The van der Waals surface area contributed by atoms with Gasteiger partial charge in [0.05, 0.1) is 6.54 Å². The van der Waals surface area contributed by atoms with Crippen molar-refractivity contribution in [1.29, 1.82) is 0 Å². The van der Waals surface area contributed by atoms with E-state index in [0.29, 0.717) is 19.0 Å². The number of amides is 1. The maximum atomic E-state index is 11.0. The first-order valence-electron chi connectivity index (χ1n) is 4.75. The van der Waals surface area contributed by atoms with Crippen LogP contribution >= 0.6 is 0 Å². The van der Waals surface area contributed by atoms with Crippen LogP contribution in [0.5, 0.6) is 0 Å². The SMILES string of the molecule is C=CCNC(=O)CNCCC(C)C. The fourth-order valence-corrected chi connectivity index (χ4v) is 0.841. The third kappa shape index (κ3) is 9.08. The van der Waals surface area contributed by atoms with Crippen molar-refractivity contribution in [2.45, 2.75) is 20.3 Å². The number of hydrogen-bond acceptors (Lipinski definition) is 2. The predicted octanol–water partition coefficient (Wildman–Crippen LogP) is 0.924. The van der Waals surface area contributed by atoms with E-state index in [4.69, 9.17) is 0 Å². The Labute approximate surface area is 80.6 Å². The summed E-state index contributed by atoms with van der Waals surface area (Å²) in [5.74, 6) is 0.715. The summed E-state index contributed by atoms with van der Waals surface area (Å²) in [6.45, 7) is 9.70. The molecule has 3 nitrogen and oxygen atoms in total. The van der Waals surface area contributed by atoms with Gasteiger partial charge in [-0.15, -0.1) is 6.58 Å². The second kappa shape index (κ2) is 7.80. The van der Waals surface area contributed by atoms with Gasteiger partial charge in [-0.2, -0.15) is 0 Å². The van der Waals surface area contributed by atoms with Crippen LogP contribution in [-0.2, 0) is 4.79 Å². The molecule has 0 atom stereocenters. The zero-order valence-electron chi connectivity index (χ0n) is 8.60. The fourth-order valence-electron chi connectivity index (χ4n) is 0.841. The van der Waals surface area contributed by atoms with E-state index in [9.17, 15) is 4.79 Å². The van der Waals surface area contributed by atoms with Crippen LogP contribution in [-0.4, -0.2) is 25.5 Å². The summed E-state index contributed by atoms with van der Waals surface area (Å²) in [6.07, 6.45) is 2.78. The van der Waals surface area contributed by atoms with Gasteiger partial charge in [-0.05, 0) is 18.9 Å². The Kier molecular flexibility index (Phi) is 7.30. The number of rotatable bonds is 7. The summed E-state index contributed by atoms with van der Waals surface area (Å²) < 4.78 is 0. The predicted molar refractivity (Wildman–Crippen MR) is 55.5 cm³/mol. The lowest BCUT2D eigenvalue weighted by molar-refractivity contribution is -0.120. The standard InChI is InChI=1S/C10H20N2O/c1-4-6-12-10(13)8-11-7-5-9(2)3/h4,9,11H,1,5-8H2,2-3H3,(H,12,13). The zero-order chi connectivity index (χ0) is 10.1. The molecule has 0 aliphatic carbocycles. The molecule has 2 N–H and O–H groups in total. The quantitative estimate of drug-likeness (QED) is 0.456. The molecule has 0 aromatic rings. The van der Waals surface area contributed by atoms with Gasteiger partial charge in [0.25, 0.3) is 0 Å². The topological polar surface area (TPSA) is 41.1 Å². The smallest absolute Gasteiger partial charge is 0.234 e. The summed E-state index contributed by atoms with van der Waals surface area (Å²) in [5.41, 5.74) is 0. The number of nitrogens with one attached hydrogen (secondary N) is 2.